The highest BCUT2D eigenvalue weighted by Gasteiger charge is 2.29. The van der Waals surface area contributed by atoms with Gasteiger partial charge >= 0.3 is 5.97 Å². The first kappa shape index (κ1) is 10.9. The van der Waals surface area contributed by atoms with Crippen molar-refractivity contribution in [2.24, 2.45) is 0 Å². The third-order valence-corrected chi connectivity index (χ3v) is 2.81. The summed E-state index contributed by atoms with van der Waals surface area (Å²) < 4.78 is 0. The topological polar surface area (TPSA) is 66.3 Å². The maximum Gasteiger partial charge on any atom is 0.326 e. The Morgan fingerprint density at radius 3 is 2.75 bits per heavy atom. The minimum Gasteiger partial charge on any atom is -0.480 e. The number of piperidine rings is 1. The second kappa shape index (κ2) is 4.47. The Balaban J connectivity index is 2.23. The van der Waals surface area contributed by atoms with E-state index in [0.29, 0.717) is 12.4 Å². The number of anilines is 1. The molecule has 1 aromatic rings. The third kappa shape index (κ3) is 2.13. The molecule has 0 radical (unpaired) electrons. The fourth-order valence-corrected chi connectivity index (χ4v) is 1.96. The molecule has 0 spiro atoms. The van der Waals surface area contributed by atoms with Crippen LogP contribution in [-0.4, -0.2) is 33.6 Å². The lowest BCUT2D eigenvalue weighted by molar-refractivity contribution is -0.139. The molecular weight excluding hydrogens is 206 g/mol. The highest BCUT2D eigenvalue weighted by Crippen LogP contribution is 2.21. The van der Waals surface area contributed by atoms with Gasteiger partial charge in [0.2, 0.25) is 5.95 Å². The van der Waals surface area contributed by atoms with Crippen LogP contribution >= 0.6 is 0 Å². The molecule has 5 heteroatoms. The minimum atomic E-state index is -0.788. The zero-order valence-corrected chi connectivity index (χ0v) is 9.26. The van der Waals surface area contributed by atoms with Crippen LogP contribution in [0, 0.1) is 6.92 Å². The van der Waals surface area contributed by atoms with Crippen molar-refractivity contribution in [3.8, 4) is 0 Å². The van der Waals surface area contributed by atoms with E-state index in [1.54, 1.807) is 17.3 Å². The smallest absolute Gasteiger partial charge is 0.326 e. The summed E-state index contributed by atoms with van der Waals surface area (Å²) >= 11 is 0. The van der Waals surface area contributed by atoms with Crippen LogP contribution in [0.25, 0.3) is 0 Å². The lowest BCUT2D eigenvalue weighted by Gasteiger charge is -2.32. The van der Waals surface area contributed by atoms with Crippen LogP contribution in [-0.2, 0) is 4.79 Å². The van der Waals surface area contributed by atoms with E-state index in [1.165, 1.54) is 0 Å². The third-order valence-electron chi connectivity index (χ3n) is 2.81. The molecule has 1 unspecified atom stereocenters. The zero-order valence-electron chi connectivity index (χ0n) is 9.26. The first-order chi connectivity index (χ1) is 7.68. The summed E-state index contributed by atoms with van der Waals surface area (Å²) in [5.41, 5.74) is 0.979. The number of aliphatic carboxylic acids is 1. The van der Waals surface area contributed by atoms with E-state index in [-0.39, 0.29) is 0 Å². The molecule has 86 valence electrons. The molecular formula is C11H15N3O2. The first-order valence-electron chi connectivity index (χ1n) is 5.46. The van der Waals surface area contributed by atoms with Crippen molar-refractivity contribution in [2.45, 2.75) is 32.2 Å². The van der Waals surface area contributed by atoms with Crippen molar-refractivity contribution in [1.29, 1.82) is 0 Å². The van der Waals surface area contributed by atoms with E-state index in [0.717, 1.165) is 24.9 Å². The number of hydrogen-bond donors (Lipinski definition) is 1. The van der Waals surface area contributed by atoms with Gasteiger partial charge in [-0.1, -0.05) is 0 Å². The summed E-state index contributed by atoms with van der Waals surface area (Å²) in [6.45, 7) is 2.63. The van der Waals surface area contributed by atoms with Gasteiger partial charge in [-0.3, -0.25) is 0 Å². The lowest BCUT2D eigenvalue weighted by Crippen LogP contribution is -2.45. The van der Waals surface area contributed by atoms with Gasteiger partial charge in [0.05, 0.1) is 0 Å². The van der Waals surface area contributed by atoms with Crippen LogP contribution in [0.3, 0.4) is 0 Å². The van der Waals surface area contributed by atoms with Gasteiger partial charge < -0.3 is 10.0 Å². The Bertz CT molecular complexity index is 377. The number of rotatable bonds is 2. The summed E-state index contributed by atoms with van der Waals surface area (Å²) in [5.74, 6) is -0.262. The molecule has 5 nitrogen and oxygen atoms in total. The molecule has 0 amide bonds. The van der Waals surface area contributed by atoms with Gasteiger partial charge in [0.15, 0.2) is 0 Å². The number of nitrogens with zero attached hydrogens (tertiary/aromatic N) is 3. The number of carboxylic acids is 1. The summed E-state index contributed by atoms with van der Waals surface area (Å²) in [5, 5.41) is 9.13. The summed E-state index contributed by atoms with van der Waals surface area (Å²) in [6.07, 6.45) is 6.07. The molecule has 1 aromatic heterocycles. The van der Waals surface area contributed by atoms with Crippen molar-refractivity contribution in [2.75, 3.05) is 11.4 Å². The van der Waals surface area contributed by atoms with E-state index in [2.05, 4.69) is 9.97 Å². The highest BCUT2D eigenvalue weighted by atomic mass is 16.4. The van der Waals surface area contributed by atoms with Gasteiger partial charge in [-0.05, 0) is 31.7 Å². The van der Waals surface area contributed by atoms with Gasteiger partial charge in [0.25, 0.3) is 0 Å². The fourth-order valence-electron chi connectivity index (χ4n) is 1.96. The first-order valence-corrected chi connectivity index (χ1v) is 5.46. The molecule has 1 saturated heterocycles. The fraction of sp³-hybridized carbons (Fsp3) is 0.545. The molecule has 2 heterocycles. The number of carbonyl (C=O) groups is 1. The molecule has 2 rings (SSSR count). The van der Waals surface area contributed by atoms with Gasteiger partial charge in [0.1, 0.15) is 6.04 Å². The largest absolute Gasteiger partial charge is 0.480 e. The Morgan fingerprint density at radius 1 is 1.44 bits per heavy atom. The summed E-state index contributed by atoms with van der Waals surface area (Å²) in [6, 6.07) is -0.476. The molecule has 0 aromatic carbocycles. The minimum absolute atomic E-state index is 0.476. The predicted molar refractivity (Wildman–Crippen MR) is 59.4 cm³/mol. The van der Waals surface area contributed by atoms with Crippen LogP contribution in [0.1, 0.15) is 24.8 Å². The summed E-state index contributed by atoms with van der Waals surface area (Å²) in [7, 11) is 0. The highest BCUT2D eigenvalue weighted by molar-refractivity contribution is 5.77. The summed E-state index contributed by atoms with van der Waals surface area (Å²) in [4.78, 5) is 21.3. The second-order valence-electron chi connectivity index (χ2n) is 4.10. The van der Waals surface area contributed by atoms with Crippen molar-refractivity contribution in [1.82, 2.24) is 9.97 Å². The molecule has 0 saturated carbocycles. The van der Waals surface area contributed by atoms with Crippen LogP contribution < -0.4 is 4.90 Å². The van der Waals surface area contributed by atoms with Crippen LogP contribution in [0.4, 0.5) is 5.95 Å². The van der Waals surface area contributed by atoms with E-state index < -0.39 is 12.0 Å². The molecule has 1 N–H and O–H groups in total. The molecule has 16 heavy (non-hydrogen) atoms. The molecule has 1 aliphatic heterocycles. The van der Waals surface area contributed by atoms with E-state index in [9.17, 15) is 4.79 Å². The number of carboxylic acid groups (broad SMARTS) is 1. The van der Waals surface area contributed by atoms with Gasteiger partial charge in [-0.25, -0.2) is 14.8 Å². The van der Waals surface area contributed by atoms with Crippen molar-refractivity contribution in [3.63, 3.8) is 0 Å². The van der Waals surface area contributed by atoms with Gasteiger partial charge in [-0.2, -0.15) is 0 Å². The van der Waals surface area contributed by atoms with E-state index in [1.807, 2.05) is 6.92 Å². The molecule has 1 atom stereocenters. The normalized spacial score (nSPS) is 20.8. The van der Waals surface area contributed by atoms with Crippen molar-refractivity contribution in [3.05, 3.63) is 18.0 Å². The van der Waals surface area contributed by atoms with Gasteiger partial charge in [-0.15, -0.1) is 0 Å². The standard InChI is InChI=1S/C11H15N3O2/c1-8-6-12-11(13-7-8)14-5-3-2-4-9(14)10(15)16/h6-7,9H,2-5H2,1H3,(H,15,16). The number of aromatic nitrogens is 2. The van der Waals surface area contributed by atoms with E-state index >= 15 is 0 Å². The van der Waals surface area contributed by atoms with Crippen molar-refractivity contribution >= 4 is 11.9 Å². The Kier molecular flexibility index (Phi) is 3.03. The monoisotopic (exact) mass is 221 g/mol. The number of hydrogen-bond acceptors (Lipinski definition) is 4. The quantitative estimate of drug-likeness (QED) is 0.813. The zero-order chi connectivity index (χ0) is 11.5. The molecule has 0 bridgehead atoms. The molecule has 1 fully saturated rings. The van der Waals surface area contributed by atoms with Crippen LogP contribution in [0.5, 0.6) is 0 Å². The maximum absolute atomic E-state index is 11.1. The Hall–Kier alpha value is -1.65. The average Bonchev–Trinajstić information content (AvgIpc) is 2.30. The van der Waals surface area contributed by atoms with Gasteiger partial charge in [0, 0.05) is 18.9 Å². The Labute approximate surface area is 94.1 Å². The molecule has 0 aliphatic carbocycles. The average molecular weight is 221 g/mol. The predicted octanol–water partition coefficient (Wildman–Crippen LogP) is 1.23. The van der Waals surface area contributed by atoms with Crippen LogP contribution in [0.15, 0.2) is 12.4 Å². The van der Waals surface area contributed by atoms with Crippen molar-refractivity contribution < 1.29 is 9.90 Å². The Morgan fingerprint density at radius 2 is 2.12 bits per heavy atom. The number of aryl methyl sites for hydroxylation is 1. The molecule has 1 aliphatic rings. The lowest BCUT2D eigenvalue weighted by atomic mass is 10.0. The maximum atomic E-state index is 11.1. The van der Waals surface area contributed by atoms with Crippen LogP contribution in [0.2, 0.25) is 0 Å². The SMILES string of the molecule is Cc1cnc(N2CCCCC2C(=O)O)nc1. The second-order valence-corrected chi connectivity index (χ2v) is 4.10. The van der Waals surface area contributed by atoms with E-state index in [4.69, 9.17) is 5.11 Å².